The lowest BCUT2D eigenvalue weighted by Gasteiger charge is -1.98. The van der Waals surface area contributed by atoms with Crippen molar-refractivity contribution in [3.8, 4) is 5.75 Å². The molecule has 96 valence electrons. The zero-order valence-electron chi connectivity index (χ0n) is 10.2. The molecule has 0 aliphatic heterocycles. The molecule has 0 spiro atoms. The second-order valence-electron chi connectivity index (χ2n) is 3.40. The Morgan fingerprint density at radius 1 is 1.24 bits per heavy atom. The van der Waals surface area contributed by atoms with Crippen LogP contribution >= 0.6 is 23.2 Å². The summed E-state index contributed by atoms with van der Waals surface area (Å²) in [5, 5.41) is -0.451. The summed E-state index contributed by atoms with van der Waals surface area (Å²) in [6, 6.07) is 6.62. The maximum absolute atomic E-state index is 10.6. The van der Waals surface area contributed by atoms with Gasteiger partial charge in [-0.3, -0.25) is 4.79 Å². The molecule has 1 aromatic carbocycles. The van der Waals surface area contributed by atoms with Crippen LogP contribution in [0.3, 0.4) is 0 Å². The van der Waals surface area contributed by atoms with Crippen LogP contribution in [-0.4, -0.2) is 18.2 Å². The fourth-order valence-electron chi connectivity index (χ4n) is 1.07. The largest absolute Gasteiger partial charge is 0.497 e. The van der Waals surface area contributed by atoms with E-state index in [1.165, 1.54) is 19.3 Å². The highest BCUT2D eigenvalue weighted by molar-refractivity contribution is 6.67. The van der Waals surface area contributed by atoms with E-state index >= 15 is 0 Å². The highest BCUT2D eigenvalue weighted by Crippen LogP contribution is 2.12. The number of carbonyl (C=O) groups excluding carboxylic acids is 1. The molecule has 0 bridgehead atoms. The van der Waals surface area contributed by atoms with Crippen LogP contribution in [0.1, 0.15) is 36.5 Å². The minimum absolute atomic E-state index is 0.451. The van der Waals surface area contributed by atoms with Crippen LogP contribution in [0.2, 0.25) is 0 Å². The molecule has 2 nitrogen and oxygen atoms in total. The van der Waals surface area contributed by atoms with E-state index in [4.69, 9.17) is 27.9 Å². The molecule has 0 aliphatic rings. The first kappa shape index (κ1) is 16.3. The number of unbranched alkanes of at least 4 members (excludes halogenated alkanes) is 2. The summed E-state index contributed by atoms with van der Waals surface area (Å²) in [6.07, 6.45) is 3.73. The third-order valence-electron chi connectivity index (χ3n) is 2.05. The number of alkyl halides is 1. The molecular weight excluding hydrogens is 259 g/mol. The zero-order chi connectivity index (χ0) is 13.1. The monoisotopic (exact) mass is 276 g/mol. The van der Waals surface area contributed by atoms with Crippen molar-refractivity contribution in [2.24, 2.45) is 0 Å². The Hall–Kier alpha value is -0.730. The molecule has 0 aromatic heterocycles. The Bertz CT molecular complexity index is 306. The van der Waals surface area contributed by atoms with Crippen molar-refractivity contribution in [3.63, 3.8) is 0 Å². The minimum atomic E-state index is -0.451. The summed E-state index contributed by atoms with van der Waals surface area (Å²) in [7, 11) is 1.57. The van der Waals surface area contributed by atoms with Crippen LogP contribution in [0.25, 0.3) is 0 Å². The van der Waals surface area contributed by atoms with E-state index in [0.717, 1.165) is 5.88 Å². The van der Waals surface area contributed by atoms with Crippen LogP contribution < -0.4 is 4.74 Å². The third-order valence-corrected chi connectivity index (χ3v) is 2.54. The summed E-state index contributed by atoms with van der Waals surface area (Å²) < 4.78 is 4.89. The van der Waals surface area contributed by atoms with Gasteiger partial charge >= 0.3 is 0 Å². The van der Waals surface area contributed by atoms with Crippen LogP contribution in [0.15, 0.2) is 24.3 Å². The number of hydrogen-bond donors (Lipinski definition) is 0. The van der Waals surface area contributed by atoms with E-state index in [9.17, 15) is 4.79 Å². The first-order valence-corrected chi connectivity index (χ1v) is 6.46. The SMILES string of the molecule is CCCCCCl.COc1ccc(C(=O)Cl)cc1. The Balaban J connectivity index is 0.000000366. The highest BCUT2D eigenvalue weighted by Gasteiger charge is 1.99. The number of benzene rings is 1. The average Bonchev–Trinajstić information content (AvgIpc) is 2.37. The van der Waals surface area contributed by atoms with Gasteiger partial charge in [-0.2, -0.15) is 0 Å². The van der Waals surface area contributed by atoms with E-state index in [2.05, 4.69) is 6.92 Å². The van der Waals surface area contributed by atoms with Crippen molar-refractivity contribution >= 4 is 28.4 Å². The van der Waals surface area contributed by atoms with Gasteiger partial charge in [0.1, 0.15) is 5.75 Å². The quantitative estimate of drug-likeness (QED) is 0.450. The number of ether oxygens (including phenoxy) is 1. The van der Waals surface area contributed by atoms with E-state index in [1.54, 1.807) is 31.4 Å². The maximum atomic E-state index is 10.6. The summed E-state index contributed by atoms with van der Waals surface area (Å²) in [5.41, 5.74) is 0.479. The standard InChI is InChI=1S/C8H7ClO2.C5H11Cl/c1-11-7-4-2-6(3-5-7)8(9)10;1-2-3-4-5-6/h2-5H,1H3;2-5H2,1H3. The molecule has 0 N–H and O–H groups in total. The molecule has 0 radical (unpaired) electrons. The first-order chi connectivity index (χ1) is 8.15. The lowest BCUT2D eigenvalue weighted by molar-refractivity contribution is 0.108. The van der Waals surface area contributed by atoms with Crippen molar-refractivity contribution in [2.75, 3.05) is 13.0 Å². The summed E-state index contributed by atoms with van der Waals surface area (Å²) in [6.45, 7) is 2.17. The molecule has 0 saturated carbocycles. The van der Waals surface area contributed by atoms with Crippen LogP contribution in [0.5, 0.6) is 5.75 Å². The molecule has 0 fully saturated rings. The average molecular weight is 277 g/mol. The van der Waals surface area contributed by atoms with E-state index < -0.39 is 5.24 Å². The molecule has 1 rings (SSSR count). The second-order valence-corrected chi connectivity index (χ2v) is 4.12. The van der Waals surface area contributed by atoms with Gasteiger partial charge in [0.25, 0.3) is 5.24 Å². The highest BCUT2D eigenvalue weighted by atomic mass is 35.5. The Morgan fingerprint density at radius 3 is 2.12 bits per heavy atom. The van der Waals surface area contributed by atoms with Crippen LogP contribution in [-0.2, 0) is 0 Å². The van der Waals surface area contributed by atoms with Gasteiger partial charge in [-0.05, 0) is 42.3 Å². The van der Waals surface area contributed by atoms with E-state index in [-0.39, 0.29) is 0 Å². The van der Waals surface area contributed by atoms with Gasteiger partial charge in [-0.15, -0.1) is 11.6 Å². The normalized spacial score (nSPS) is 9.18. The Kier molecular flexibility index (Phi) is 9.98. The number of hydrogen-bond acceptors (Lipinski definition) is 2. The van der Waals surface area contributed by atoms with Gasteiger partial charge in [-0.25, -0.2) is 0 Å². The van der Waals surface area contributed by atoms with Crippen molar-refractivity contribution in [3.05, 3.63) is 29.8 Å². The Labute approximate surface area is 113 Å². The lowest BCUT2D eigenvalue weighted by atomic mass is 10.2. The molecule has 0 aliphatic carbocycles. The lowest BCUT2D eigenvalue weighted by Crippen LogP contribution is -1.88. The molecule has 4 heteroatoms. The molecule has 0 saturated heterocycles. The van der Waals surface area contributed by atoms with Gasteiger partial charge < -0.3 is 4.74 Å². The fourth-order valence-corrected chi connectivity index (χ4v) is 1.38. The van der Waals surface area contributed by atoms with Crippen molar-refractivity contribution < 1.29 is 9.53 Å². The first-order valence-electron chi connectivity index (χ1n) is 5.55. The minimum Gasteiger partial charge on any atom is -0.497 e. The number of carbonyl (C=O) groups is 1. The summed E-state index contributed by atoms with van der Waals surface area (Å²) in [4.78, 5) is 10.6. The maximum Gasteiger partial charge on any atom is 0.252 e. The van der Waals surface area contributed by atoms with Gasteiger partial charge in [0.2, 0.25) is 0 Å². The van der Waals surface area contributed by atoms with E-state index in [0.29, 0.717) is 11.3 Å². The van der Waals surface area contributed by atoms with Gasteiger partial charge in [0.05, 0.1) is 7.11 Å². The molecule has 0 atom stereocenters. The van der Waals surface area contributed by atoms with Crippen molar-refractivity contribution in [1.29, 1.82) is 0 Å². The molecule has 0 unspecified atom stereocenters. The number of halogens is 2. The smallest absolute Gasteiger partial charge is 0.252 e. The fraction of sp³-hybridized carbons (Fsp3) is 0.462. The number of rotatable bonds is 5. The van der Waals surface area contributed by atoms with Gasteiger partial charge in [0.15, 0.2) is 0 Å². The second kappa shape index (κ2) is 10.4. The summed E-state index contributed by atoms with van der Waals surface area (Å²) >= 11 is 10.6. The third kappa shape index (κ3) is 8.06. The van der Waals surface area contributed by atoms with Crippen molar-refractivity contribution in [1.82, 2.24) is 0 Å². The zero-order valence-corrected chi connectivity index (χ0v) is 11.7. The van der Waals surface area contributed by atoms with E-state index in [1.807, 2.05) is 0 Å². The number of methoxy groups -OCH3 is 1. The Morgan fingerprint density at radius 2 is 1.82 bits per heavy atom. The molecule has 1 aromatic rings. The molecular formula is C13H18Cl2O2. The van der Waals surface area contributed by atoms with Crippen molar-refractivity contribution in [2.45, 2.75) is 26.2 Å². The summed E-state index contributed by atoms with van der Waals surface area (Å²) in [5.74, 6) is 1.54. The predicted octanol–water partition coefficient (Wildman–Crippen LogP) is 4.49. The molecule has 17 heavy (non-hydrogen) atoms. The van der Waals surface area contributed by atoms with Crippen LogP contribution in [0.4, 0.5) is 0 Å². The van der Waals surface area contributed by atoms with Gasteiger partial charge in [-0.1, -0.05) is 19.8 Å². The van der Waals surface area contributed by atoms with Crippen LogP contribution in [0, 0.1) is 0 Å². The van der Waals surface area contributed by atoms with Gasteiger partial charge in [0, 0.05) is 11.4 Å². The molecule has 0 heterocycles. The molecule has 0 amide bonds. The predicted molar refractivity (Wildman–Crippen MR) is 73.4 cm³/mol. The topological polar surface area (TPSA) is 26.3 Å².